The monoisotopic (exact) mass is 400 g/mol. The molecule has 1 aromatic heterocycles. The minimum atomic E-state index is -4.35. The number of piperazine rings is 1. The Morgan fingerprint density at radius 3 is 2.29 bits per heavy atom. The summed E-state index contributed by atoms with van der Waals surface area (Å²) in [5.74, 6) is -0.526. The van der Waals surface area contributed by atoms with Crippen LogP contribution in [0.15, 0.2) is 30.6 Å². The Bertz CT molecular complexity index is 801. The number of rotatable bonds is 5. The Morgan fingerprint density at radius 2 is 1.75 bits per heavy atom. The van der Waals surface area contributed by atoms with Crippen LogP contribution < -0.4 is 5.23 Å². The van der Waals surface area contributed by atoms with Crippen LogP contribution >= 0.6 is 0 Å². The van der Waals surface area contributed by atoms with Crippen LogP contribution in [-0.2, 0) is 24.1 Å². The molecule has 0 bridgehead atoms. The molecule has 1 aliphatic rings. The van der Waals surface area contributed by atoms with Crippen LogP contribution in [0.5, 0.6) is 0 Å². The van der Waals surface area contributed by atoms with Crippen molar-refractivity contribution in [3.8, 4) is 0 Å². The van der Waals surface area contributed by atoms with Crippen LogP contribution in [-0.4, -0.2) is 67.1 Å². The molecule has 9 nitrogen and oxygen atoms in total. The number of halogens is 3. The highest BCUT2D eigenvalue weighted by atomic mass is 19.4. The second-order valence-corrected chi connectivity index (χ2v) is 6.38. The molecule has 1 amide bonds. The van der Waals surface area contributed by atoms with Crippen LogP contribution in [0.25, 0.3) is 0 Å². The Hall–Kier alpha value is -2.70. The van der Waals surface area contributed by atoms with E-state index in [9.17, 15) is 18.0 Å². The molecule has 0 spiro atoms. The lowest BCUT2D eigenvalue weighted by Gasteiger charge is -2.34. The molecular formula is C16H19F3N6O3. The average molecular weight is 400 g/mol. The molecule has 12 heteroatoms. The second-order valence-electron chi connectivity index (χ2n) is 6.38. The third kappa shape index (κ3) is 4.97. The number of nitrogens with zero attached hydrogens (tertiary/aromatic N) is 6. The van der Waals surface area contributed by atoms with E-state index in [1.165, 1.54) is 23.1 Å². The van der Waals surface area contributed by atoms with Gasteiger partial charge in [0.1, 0.15) is 12.9 Å². The normalized spacial score (nSPS) is 15.7. The molecule has 0 aliphatic carbocycles. The SMILES string of the molecule is O=C(Cn1cnc(N(O)O)n1)N1CCN(Cc2ccc(C(F)(F)F)cc2)CC1. The van der Waals surface area contributed by atoms with E-state index in [0.717, 1.165) is 17.7 Å². The molecule has 0 radical (unpaired) electrons. The lowest BCUT2D eigenvalue weighted by Crippen LogP contribution is -2.49. The topological polar surface area (TPSA) is 98.0 Å². The fourth-order valence-corrected chi connectivity index (χ4v) is 2.90. The first-order valence-corrected chi connectivity index (χ1v) is 8.46. The molecule has 1 aliphatic heterocycles. The van der Waals surface area contributed by atoms with Gasteiger partial charge in [0, 0.05) is 32.7 Å². The highest BCUT2D eigenvalue weighted by Gasteiger charge is 2.30. The van der Waals surface area contributed by atoms with Crippen molar-refractivity contribution in [1.29, 1.82) is 0 Å². The number of carbonyl (C=O) groups is 1. The summed E-state index contributed by atoms with van der Waals surface area (Å²) in [4.78, 5) is 19.7. The molecule has 1 saturated heterocycles. The van der Waals surface area contributed by atoms with E-state index in [1.807, 2.05) is 0 Å². The molecule has 28 heavy (non-hydrogen) atoms. The number of aromatic nitrogens is 3. The van der Waals surface area contributed by atoms with Crippen LogP contribution in [0.1, 0.15) is 11.1 Å². The first-order valence-electron chi connectivity index (χ1n) is 8.46. The average Bonchev–Trinajstić information content (AvgIpc) is 3.11. The second kappa shape index (κ2) is 8.12. The number of hydrogen-bond donors (Lipinski definition) is 2. The van der Waals surface area contributed by atoms with Crippen molar-refractivity contribution in [2.75, 3.05) is 31.4 Å². The zero-order valence-corrected chi connectivity index (χ0v) is 14.7. The van der Waals surface area contributed by atoms with Gasteiger partial charge in [0.25, 0.3) is 5.95 Å². The van der Waals surface area contributed by atoms with Crippen LogP contribution in [0, 0.1) is 0 Å². The van der Waals surface area contributed by atoms with Gasteiger partial charge >= 0.3 is 6.18 Å². The summed E-state index contributed by atoms with van der Waals surface area (Å²) in [6.45, 7) is 2.57. The summed E-state index contributed by atoms with van der Waals surface area (Å²) in [6, 6.07) is 5.07. The van der Waals surface area contributed by atoms with Gasteiger partial charge in [-0.2, -0.15) is 18.2 Å². The van der Waals surface area contributed by atoms with Crippen molar-refractivity contribution in [2.45, 2.75) is 19.3 Å². The summed E-state index contributed by atoms with van der Waals surface area (Å²) in [5.41, 5.74) is 0.105. The molecule has 0 atom stereocenters. The van der Waals surface area contributed by atoms with Crippen LogP contribution in [0.4, 0.5) is 19.1 Å². The maximum absolute atomic E-state index is 12.6. The summed E-state index contributed by atoms with van der Waals surface area (Å²) in [7, 11) is 0. The molecular weight excluding hydrogens is 381 g/mol. The van der Waals surface area contributed by atoms with Crippen molar-refractivity contribution < 1.29 is 28.4 Å². The predicted octanol–water partition coefficient (Wildman–Crippen LogP) is 1.23. The first kappa shape index (κ1) is 20.0. The van der Waals surface area contributed by atoms with E-state index >= 15 is 0 Å². The van der Waals surface area contributed by atoms with E-state index in [-0.39, 0.29) is 23.6 Å². The molecule has 152 valence electrons. The smallest absolute Gasteiger partial charge is 0.339 e. The number of anilines is 1. The van der Waals surface area contributed by atoms with E-state index in [0.29, 0.717) is 32.7 Å². The third-order valence-corrected chi connectivity index (χ3v) is 4.41. The van der Waals surface area contributed by atoms with Gasteiger partial charge < -0.3 is 4.90 Å². The number of amides is 1. The van der Waals surface area contributed by atoms with Gasteiger partial charge in [-0.15, -0.1) is 5.10 Å². The third-order valence-electron chi connectivity index (χ3n) is 4.41. The van der Waals surface area contributed by atoms with Crippen molar-refractivity contribution in [1.82, 2.24) is 24.6 Å². The molecule has 1 aromatic carbocycles. The number of hydrogen-bond acceptors (Lipinski definition) is 7. The van der Waals surface area contributed by atoms with E-state index in [2.05, 4.69) is 15.0 Å². The molecule has 0 saturated carbocycles. The van der Waals surface area contributed by atoms with Gasteiger partial charge in [-0.1, -0.05) is 17.4 Å². The summed E-state index contributed by atoms with van der Waals surface area (Å²) < 4.78 is 39.0. The Kier molecular flexibility index (Phi) is 5.82. The lowest BCUT2D eigenvalue weighted by molar-refractivity contribution is -0.137. The Balaban J connectivity index is 1.47. The maximum atomic E-state index is 12.6. The van der Waals surface area contributed by atoms with Crippen molar-refractivity contribution in [3.63, 3.8) is 0 Å². The first-order chi connectivity index (χ1) is 13.2. The quantitative estimate of drug-likeness (QED) is 0.729. The molecule has 1 fully saturated rings. The standard InChI is InChI=1S/C16H19F3N6O3/c17-16(18,19)13-3-1-12(2-4-13)9-22-5-7-23(8-6-22)14(26)10-24-11-20-15(21-24)25(27)28/h1-4,11,27-28H,5-10H2. The Labute approximate surface area is 158 Å². The van der Waals surface area contributed by atoms with Gasteiger partial charge in [0.15, 0.2) is 0 Å². The van der Waals surface area contributed by atoms with Gasteiger partial charge in [-0.05, 0) is 17.7 Å². The van der Waals surface area contributed by atoms with Gasteiger partial charge in [0.05, 0.1) is 5.56 Å². The molecule has 3 rings (SSSR count). The van der Waals surface area contributed by atoms with Gasteiger partial charge in [0.2, 0.25) is 5.91 Å². The minimum absolute atomic E-state index is 0.0836. The Morgan fingerprint density at radius 1 is 1.11 bits per heavy atom. The summed E-state index contributed by atoms with van der Waals surface area (Å²) >= 11 is 0. The molecule has 2 heterocycles. The lowest BCUT2D eigenvalue weighted by atomic mass is 10.1. The van der Waals surface area contributed by atoms with Crippen molar-refractivity contribution in [3.05, 3.63) is 41.7 Å². The van der Waals surface area contributed by atoms with Gasteiger partial charge in [-0.3, -0.25) is 20.1 Å². The maximum Gasteiger partial charge on any atom is 0.416 e. The highest BCUT2D eigenvalue weighted by molar-refractivity contribution is 5.76. The largest absolute Gasteiger partial charge is 0.416 e. The number of benzene rings is 1. The summed E-state index contributed by atoms with van der Waals surface area (Å²) in [5, 5.41) is 21.1. The van der Waals surface area contributed by atoms with Crippen LogP contribution in [0.3, 0.4) is 0 Å². The molecule has 2 aromatic rings. The highest BCUT2D eigenvalue weighted by Crippen LogP contribution is 2.29. The zero-order valence-electron chi connectivity index (χ0n) is 14.7. The van der Waals surface area contributed by atoms with E-state index in [4.69, 9.17) is 10.4 Å². The summed E-state index contributed by atoms with van der Waals surface area (Å²) in [6.07, 6.45) is -3.13. The number of alkyl halides is 3. The fraction of sp³-hybridized carbons (Fsp3) is 0.438. The predicted molar refractivity (Wildman–Crippen MR) is 89.4 cm³/mol. The zero-order chi connectivity index (χ0) is 20.3. The molecule has 2 N–H and O–H groups in total. The van der Waals surface area contributed by atoms with Crippen molar-refractivity contribution >= 4 is 11.9 Å². The number of carbonyl (C=O) groups excluding carboxylic acids is 1. The molecule has 0 unspecified atom stereocenters. The minimum Gasteiger partial charge on any atom is -0.339 e. The van der Waals surface area contributed by atoms with Crippen molar-refractivity contribution in [2.24, 2.45) is 0 Å². The van der Waals surface area contributed by atoms with E-state index in [1.54, 1.807) is 4.90 Å². The fourth-order valence-electron chi connectivity index (χ4n) is 2.90. The van der Waals surface area contributed by atoms with Crippen LogP contribution in [0.2, 0.25) is 0 Å². The van der Waals surface area contributed by atoms with E-state index < -0.39 is 11.7 Å². The van der Waals surface area contributed by atoms with Gasteiger partial charge in [-0.25, -0.2) is 4.68 Å².